The second-order valence-electron chi connectivity index (χ2n) is 3.98. The third kappa shape index (κ3) is 3.69. The zero-order valence-corrected chi connectivity index (χ0v) is 10.3. The summed E-state index contributed by atoms with van der Waals surface area (Å²) in [5.74, 6) is 1.78. The van der Waals surface area contributed by atoms with E-state index in [9.17, 15) is 4.79 Å². The van der Waals surface area contributed by atoms with Gasteiger partial charge in [-0.05, 0) is 25.2 Å². The van der Waals surface area contributed by atoms with Crippen molar-refractivity contribution in [3.8, 4) is 0 Å². The number of carbonyl (C=O) groups excluding carboxylic acids is 1. The second kappa shape index (κ2) is 6.86. The van der Waals surface area contributed by atoms with Gasteiger partial charge >= 0.3 is 0 Å². The van der Waals surface area contributed by atoms with Crippen molar-refractivity contribution in [3.63, 3.8) is 0 Å². The van der Waals surface area contributed by atoms with Gasteiger partial charge in [-0.25, -0.2) is 0 Å². The maximum atomic E-state index is 11.3. The number of nitrogens with zero attached hydrogens (tertiary/aromatic N) is 1. The summed E-state index contributed by atoms with van der Waals surface area (Å²) in [6.45, 7) is 12.4. The van der Waals surface area contributed by atoms with Crippen LogP contribution in [0.15, 0.2) is 0 Å². The highest BCUT2D eigenvalue weighted by Crippen LogP contribution is 2.23. The Labute approximate surface area is 88.7 Å². The van der Waals surface area contributed by atoms with Crippen LogP contribution in [0.4, 0.5) is 0 Å². The Balaban J connectivity index is 0.000000791. The molecule has 1 saturated heterocycles. The lowest BCUT2D eigenvalue weighted by atomic mass is 9.88. The summed E-state index contributed by atoms with van der Waals surface area (Å²) in [5.41, 5.74) is 0. The van der Waals surface area contributed by atoms with Crippen LogP contribution in [0.1, 0.15) is 47.5 Å². The highest BCUT2D eigenvalue weighted by atomic mass is 16.2. The minimum Gasteiger partial charge on any atom is -0.343 e. The highest BCUT2D eigenvalue weighted by Gasteiger charge is 2.25. The van der Waals surface area contributed by atoms with E-state index in [1.54, 1.807) is 0 Å². The molecule has 1 atom stereocenters. The first kappa shape index (κ1) is 13.5. The number of rotatable bonds is 2. The summed E-state index contributed by atoms with van der Waals surface area (Å²) >= 11 is 0. The van der Waals surface area contributed by atoms with E-state index in [1.165, 1.54) is 0 Å². The van der Waals surface area contributed by atoms with Gasteiger partial charge in [-0.3, -0.25) is 4.79 Å². The number of piperidine rings is 1. The molecule has 1 fully saturated rings. The third-order valence-corrected chi connectivity index (χ3v) is 2.86. The lowest BCUT2D eigenvalue weighted by Crippen LogP contribution is -2.41. The average Bonchev–Trinajstić information content (AvgIpc) is 2.21. The summed E-state index contributed by atoms with van der Waals surface area (Å²) in [7, 11) is 0. The van der Waals surface area contributed by atoms with Crippen LogP contribution < -0.4 is 0 Å². The van der Waals surface area contributed by atoms with Crippen LogP contribution in [0.2, 0.25) is 0 Å². The normalized spacial score (nSPS) is 22.0. The minimum absolute atomic E-state index is 0.342. The number of carbonyl (C=O) groups is 1. The summed E-state index contributed by atoms with van der Waals surface area (Å²) in [5, 5.41) is 0. The van der Waals surface area contributed by atoms with Crippen molar-refractivity contribution >= 4 is 5.91 Å². The molecule has 84 valence electrons. The van der Waals surface area contributed by atoms with Gasteiger partial charge < -0.3 is 4.90 Å². The smallest absolute Gasteiger partial charge is 0.222 e. The molecule has 0 N–H and O–H groups in total. The molecule has 1 aliphatic heterocycles. The molecule has 1 rings (SSSR count). The molecule has 2 nitrogen and oxygen atoms in total. The van der Waals surface area contributed by atoms with Crippen LogP contribution >= 0.6 is 0 Å². The molecular formula is C12H25NO. The van der Waals surface area contributed by atoms with E-state index in [2.05, 4.69) is 20.8 Å². The van der Waals surface area contributed by atoms with Crippen molar-refractivity contribution < 1.29 is 4.79 Å². The fourth-order valence-corrected chi connectivity index (χ4v) is 1.79. The van der Waals surface area contributed by atoms with Gasteiger partial charge in [0.15, 0.2) is 0 Å². The first-order chi connectivity index (χ1) is 6.65. The Kier molecular flexibility index (Phi) is 6.60. The van der Waals surface area contributed by atoms with Crippen LogP contribution in [0, 0.1) is 11.8 Å². The van der Waals surface area contributed by atoms with Crippen LogP contribution in [-0.2, 0) is 4.79 Å². The molecule has 2 heteroatoms. The Morgan fingerprint density at radius 2 is 2.00 bits per heavy atom. The number of amides is 1. The lowest BCUT2D eigenvalue weighted by Gasteiger charge is -2.33. The van der Waals surface area contributed by atoms with Crippen molar-refractivity contribution in [3.05, 3.63) is 0 Å². The van der Waals surface area contributed by atoms with E-state index >= 15 is 0 Å². The maximum Gasteiger partial charge on any atom is 0.222 e. The zero-order chi connectivity index (χ0) is 11.1. The molecule has 0 aliphatic carbocycles. The maximum absolute atomic E-state index is 11.3. The van der Waals surface area contributed by atoms with E-state index in [0.29, 0.717) is 11.8 Å². The van der Waals surface area contributed by atoms with Gasteiger partial charge in [0.25, 0.3) is 0 Å². The molecule has 14 heavy (non-hydrogen) atoms. The van der Waals surface area contributed by atoms with Gasteiger partial charge in [0.05, 0.1) is 0 Å². The fourth-order valence-electron chi connectivity index (χ4n) is 1.79. The number of likely N-dealkylation sites (tertiary alicyclic amines) is 1. The van der Waals surface area contributed by atoms with Crippen molar-refractivity contribution in [2.24, 2.45) is 11.8 Å². The van der Waals surface area contributed by atoms with Crippen LogP contribution in [-0.4, -0.2) is 23.9 Å². The molecule has 0 radical (unpaired) electrons. The lowest BCUT2D eigenvalue weighted by molar-refractivity contribution is -0.135. The molecule has 0 spiro atoms. The molecule has 1 unspecified atom stereocenters. The molecule has 0 bridgehead atoms. The van der Waals surface area contributed by atoms with Crippen LogP contribution in [0.25, 0.3) is 0 Å². The van der Waals surface area contributed by atoms with Gasteiger partial charge in [-0.15, -0.1) is 0 Å². The monoisotopic (exact) mass is 199 g/mol. The number of hydrogen-bond acceptors (Lipinski definition) is 1. The first-order valence-electron chi connectivity index (χ1n) is 5.93. The Hall–Kier alpha value is -0.530. The predicted molar refractivity (Wildman–Crippen MR) is 61.2 cm³/mol. The Bertz CT molecular complexity index is 166. The van der Waals surface area contributed by atoms with Crippen molar-refractivity contribution in [1.29, 1.82) is 0 Å². The molecule has 0 aromatic heterocycles. The molecular weight excluding hydrogens is 174 g/mol. The van der Waals surface area contributed by atoms with E-state index in [4.69, 9.17) is 0 Å². The first-order valence-corrected chi connectivity index (χ1v) is 5.93. The van der Waals surface area contributed by atoms with Gasteiger partial charge in [0, 0.05) is 19.5 Å². The van der Waals surface area contributed by atoms with Crippen LogP contribution in [0.3, 0.4) is 0 Å². The van der Waals surface area contributed by atoms with E-state index in [1.807, 2.05) is 18.7 Å². The van der Waals surface area contributed by atoms with E-state index in [0.717, 1.165) is 31.8 Å². The minimum atomic E-state index is 0.342. The van der Waals surface area contributed by atoms with Gasteiger partial charge in [-0.2, -0.15) is 0 Å². The van der Waals surface area contributed by atoms with Crippen molar-refractivity contribution in [2.45, 2.75) is 47.5 Å². The molecule has 0 saturated carbocycles. The third-order valence-electron chi connectivity index (χ3n) is 2.86. The van der Waals surface area contributed by atoms with Gasteiger partial charge in [0.2, 0.25) is 5.91 Å². The topological polar surface area (TPSA) is 20.3 Å². The standard InChI is InChI=1S/C10H19NO.C2H6/c1-4-11-7-9(8(2)3)5-6-10(11)12;1-2/h8-9H,4-7H2,1-3H3;1-2H3. The largest absolute Gasteiger partial charge is 0.343 e. The summed E-state index contributed by atoms with van der Waals surface area (Å²) in [6.07, 6.45) is 1.85. The SMILES string of the molecule is CC.CCN1CC(C(C)C)CCC1=O. The molecule has 0 aromatic rings. The predicted octanol–water partition coefficient (Wildman–Crippen LogP) is 2.93. The van der Waals surface area contributed by atoms with Gasteiger partial charge in [0.1, 0.15) is 0 Å². The van der Waals surface area contributed by atoms with Crippen molar-refractivity contribution in [1.82, 2.24) is 4.90 Å². The van der Waals surface area contributed by atoms with Crippen molar-refractivity contribution in [2.75, 3.05) is 13.1 Å². The summed E-state index contributed by atoms with van der Waals surface area (Å²) in [6, 6.07) is 0. The number of hydrogen-bond donors (Lipinski definition) is 0. The second-order valence-corrected chi connectivity index (χ2v) is 3.98. The fraction of sp³-hybridized carbons (Fsp3) is 0.917. The Morgan fingerprint density at radius 1 is 1.43 bits per heavy atom. The molecule has 1 heterocycles. The molecule has 1 aliphatic rings. The average molecular weight is 199 g/mol. The van der Waals surface area contributed by atoms with E-state index in [-0.39, 0.29) is 0 Å². The highest BCUT2D eigenvalue weighted by molar-refractivity contribution is 5.76. The van der Waals surface area contributed by atoms with Gasteiger partial charge in [-0.1, -0.05) is 27.7 Å². The molecule has 0 aromatic carbocycles. The zero-order valence-electron chi connectivity index (χ0n) is 10.3. The van der Waals surface area contributed by atoms with E-state index < -0.39 is 0 Å². The van der Waals surface area contributed by atoms with Crippen LogP contribution in [0.5, 0.6) is 0 Å². The summed E-state index contributed by atoms with van der Waals surface area (Å²) < 4.78 is 0. The quantitative estimate of drug-likeness (QED) is 0.669. The Morgan fingerprint density at radius 3 is 2.43 bits per heavy atom. The molecule has 1 amide bonds. The summed E-state index contributed by atoms with van der Waals surface area (Å²) in [4.78, 5) is 13.3.